The quantitative estimate of drug-likeness (QED) is 0.275. The molecule has 1 atom stereocenters. The van der Waals surface area contributed by atoms with Crippen LogP contribution in [0.25, 0.3) is 16.9 Å². The van der Waals surface area contributed by atoms with E-state index in [1.807, 2.05) is 5.10 Å². The van der Waals surface area contributed by atoms with Crippen molar-refractivity contribution in [3.05, 3.63) is 59.3 Å². The average Bonchev–Trinajstić information content (AvgIpc) is 3.56. The number of nitrogens with two attached hydrogens (primary N) is 1. The highest BCUT2D eigenvalue weighted by atomic mass is 35.5. The predicted octanol–water partition coefficient (Wildman–Crippen LogP) is 3.60. The maximum atomic E-state index is 13.4. The number of piperidine rings is 1. The smallest absolute Gasteiger partial charge is 0.341 e. The fourth-order valence-corrected chi connectivity index (χ4v) is 4.81. The van der Waals surface area contributed by atoms with Gasteiger partial charge in [-0.2, -0.15) is 18.3 Å². The molecule has 15 heteroatoms. The van der Waals surface area contributed by atoms with Crippen LogP contribution in [0.4, 0.5) is 24.7 Å². The number of likely N-dealkylation sites (tertiary alicyclic amines) is 1. The van der Waals surface area contributed by atoms with E-state index in [2.05, 4.69) is 25.7 Å². The van der Waals surface area contributed by atoms with Gasteiger partial charge in [0.15, 0.2) is 11.5 Å². The van der Waals surface area contributed by atoms with Gasteiger partial charge in [-0.3, -0.25) is 19.1 Å². The second kappa shape index (κ2) is 10.8. The highest BCUT2D eigenvalue weighted by Gasteiger charge is 2.36. The summed E-state index contributed by atoms with van der Waals surface area (Å²) in [4.78, 5) is 35.8. The molecule has 1 unspecified atom stereocenters. The number of alkyl halides is 3. The molecule has 5 N–H and O–H groups in total. The molecule has 4 aromatic rings. The third-order valence-electron chi connectivity index (χ3n) is 6.67. The Hall–Kier alpha value is -4.17. The predicted molar refractivity (Wildman–Crippen MR) is 141 cm³/mol. The molecule has 1 aliphatic heterocycles. The standard InChI is InChI=1S/C25H25ClF3N9O2/c1-13(24(40)37-7-4-14(30)5-8-37)34-23(39)16-3-2-15(10-18(16)26)35-21-22-32-12-19(38(22)9-6-31-21)17-11-33-36-20(17)25(27,28)29/h2-3,6,9-14H,4-5,7-8,30H2,1H3,(H,31,35)(H,33,36)(H,34,39). The third-order valence-corrected chi connectivity index (χ3v) is 6.99. The average molecular weight is 576 g/mol. The van der Waals surface area contributed by atoms with Crippen LogP contribution in [0.2, 0.25) is 5.02 Å². The first-order chi connectivity index (χ1) is 19.0. The van der Waals surface area contributed by atoms with E-state index < -0.39 is 23.8 Å². The van der Waals surface area contributed by atoms with Gasteiger partial charge in [0.2, 0.25) is 5.91 Å². The summed E-state index contributed by atoms with van der Waals surface area (Å²) < 4.78 is 41.6. The van der Waals surface area contributed by atoms with E-state index in [0.717, 1.165) is 6.20 Å². The molecule has 1 fully saturated rings. The summed E-state index contributed by atoms with van der Waals surface area (Å²) in [5, 5.41) is 11.4. The topological polar surface area (TPSA) is 146 Å². The summed E-state index contributed by atoms with van der Waals surface area (Å²) in [5.41, 5.74) is 5.81. The molecule has 1 aromatic carbocycles. The van der Waals surface area contributed by atoms with Crippen molar-refractivity contribution in [2.24, 2.45) is 5.73 Å². The number of aromatic amines is 1. The lowest BCUT2D eigenvalue weighted by molar-refractivity contribution is -0.140. The number of hydrogen-bond donors (Lipinski definition) is 4. The van der Waals surface area contributed by atoms with E-state index in [-0.39, 0.29) is 45.3 Å². The highest BCUT2D eigenvalue weighted by molar-refractivity contribution is 6.34. The van der Waals surface area contributed by atoms with Gasteiger partial charge < -0.3 is 21.3 Å². The Morgan fingerprint density at radius 1 is 1.20 bits per heavy atom. The van der Waals surface area contributed by atoms with Crippen molar-refractivity contribution in [2.45, 2.75) is 38.0 Å². The molecule has 0 bridgehead atoms. The number of aromatic nitrogens is 5. The van der Waals surface area contributed by atoms with Crippen molar-refractivity contribution in [3.63, 3.8) is 0 Å². The van der Waals surface area contributed by atoms with Gasteiger partial charge in [-0.25, -0.2) is 9.97 Å². The largest absolute Gasteiger partial charge is 0.433 e. The van der Waals surface area contributed by atoms with Crippen molar-refractivity contribution in [2.75, 3.05) is 18.4 Å². The van der Waals surface area contributed by atoms with Crippen molar-refractivity contribution in [1.82, 2.24) is 34.8 Å². The number of carbonyl (C=O) groups excluding carboxylic acids is 2. The summed E-state index contributed by atoms with van der Waals surface area (Å²) in [6.45, 7) is 2.71. The summed E-state index contributed by atoms with van der Waals surface area (Å²) in [6, 6.07) is 3.92. The number of anilines is 2. The number of nitrogens with zero attached hydrogens (tertiary/aromatic N) is 5. The molecular formula is C25H25ClF3N9O2. The van der Waals surface area contributed by atoms with Crippen LogP contribution in [-0.2, 0) is 11.0 Å². The Balaban J connectivity index is 1.31. The number of fused-ring (bicyclic) bond motifs is 1. The van der Waals surface area contributed by atoms with E-state index in [1.54, 1.807) is 17.9 Å². The van der Waals surface area contributed by atoms with Crippen LogP contribution in [0.1, 0.15) is 35.8 Å². The summed E-state index contributed by atoms with van der Waals surface area (Å²) in [6.07, 6.45) is 2.08. The zero-order valence-corrected chi connectivity index (χ0v) is 21.9. The number of H-pyrrole nitrogens is 1. The molecule has 1 saturated heterocycles. The fourth-order valence-electron chi connectivity index (χ4n) is 4.55. The van der Waals surface area contributed by atoms with E-state index in [4.69, 9.17) is 17.3 Å². The zero-order chi connectivity index (χ0) is 28.6. The molecule has 11 nitrogen and oxygen atoms in total. The molecule has 0 aliphatic carbocycles. The van der Waals surface area contributed by atoms with Crippen LogP contribution in [-0.4, -0.2) is 66.5 Å². The molecule has 0 radical (unpaired) electrons. The normalized spacial score (nSPS) is 15.3. The molecule has 3 aromatic heterocycles. The van der Waals surface area contributed by atoms with Gasteiger partial charge in [-0.15, -0.1) is 0 Å². The van der Waals surface area contributed by atoms with Crippen LogP contribution in [0.15, 0.2) is 43.0 Å². The Morgan fingerprint density at radius 2 is 1.95 bits per heavy atom. The minimum Gasteiger partial charge on any atom is -0.341 e. The van der Waals surface area contributed by atoms with Gasteiger partial charge in [0.25, 0.3) is 5.91 Å². The van der Waals surface area contributed by atoms with Crippen molar-refractivity contribution in [1.29, 1.82) is 0 Å². The Kier molecular flexibility index (Phi) is 7.38. The molecule has 0 saturated carbocycles. The Labute approximate surface area is 230 Å². The van der Waals surface area contributed by atoms with Gasteiger partial charge in [0.05, 0.1) is 34.2 Å². The van der Waals surface area contributed by atoms with E-state index in [0.29, 0.717) is 31.6 Å². The molecule has 1 aliphatic rings. The number of hydrogen-bond acceptors (Lipinski definition) is 7. The molecule has 210 valence electrons. The second-order valence-corrected chi connectivity index (χ2v) is 9.85. The van der Waals surface area contributed by atoms with Gasteiger partial charge in [0, 0.05) is 37.2 Å². The minimum absolute atomic E-state index is 0.0799. The first-order valence-corrected chi connectivity index (χ1v) is 12.8. The van der Waals surface area contributed by atoms with Gasteiger partial charge in [-0.05, 0) is 38.0 Å². The minimum atomic E-state index is -4.62. The number of nitrogens with one attached hydrogen (secondary N) is 3. The van der Waals surface area contributed by atoms with Crippen LogP contribution >= 0.6 is 11.6 Å². The number of amides is 2. The summed E-state index contributed by atoms with van der Waals surface area (Å²) in [7, 11) is 0. The van der Waals surface area contributed by atoms with Crippen molar-refractivity contribution < 1.29 is 22.8 Å². The van der Waals surface area contributed by atoms with Gasteiger partial charge in [0.1, 0.15) is 11.7 Å². The first-order valence-electron chi connectivity index (χ1n) is 12.4. The van der Waals surface area contributed by atoms with E-state index in [1.165, 1.54) is 35.1 Å². The molecule has 0 spiro atoms. The lowest BCUT2D eigenvalue weighted by Gasteiger charge is -2.32. The third kappa shape index (κ3) is 5.45. The lowest BCUT2D eigenvalue weighted by atomic mass is 10.1. The number of rotatable bonds is 6. The van der Waals surface area contributed by atoms with Gasteiger partial charge in [-0.1, -0.05) is 11.6 Å². The van der Waals surface area contributed by atoms with E-state index in [9.17, 15) is 22.8 Å². The van der Waals surface area contributed by atoms with Crippen LogP contribution in [0.3, 0.4) is 0 Å². The molecule has 2 amide bonds. The second-order valence-electron chi connectivity index (χ2n) is 9.45. The lowest BCUT2D eigenvalue weighted by Crippen LogP contribution is -2.50. The summed E-state index contributed by atoms with van der Waals surface area (Å²) >= 11 is 6.40. The monoisotopic (exact) mass is 575 g/mol. The van der Waals surface area contributed by atoms with Crippen molar-refractivity contribution >= 4 is 40.6 Å². The Morgan fingerprint density at radius 3 is 2.65 bits per heavy atom. The maximum Gasteiger partial charge on any atom is 0.433 e. The number of carbonyl (C=O) groups is 2. The SMILES string of the molecule is CC(NC(=O)c1ccc(Nc2nccn3c(-c4cn[nH]c4C(F)(F)F)cnc23)cc1Cl)C(=O)N1CCC(N)CC1. The van der Waals surface area contributed by atoms with Crippen LogP contribution in [0.5, 0.6) is 0 Å². The first kappa shape index (κ1) is 27.4. The van der Waals surface area contributed by atoms with Gasteiger partial charge >= 0.3 is 6.18 Å². The Bertz CT molecular complexity index is 1560. The number of halogens is 4. The van der Waals surface area contributed by atoms with E-state index >= 15 is 0 Å². The maximum absolute atomic E-state index is 13.4. The zero-order valence-electron chi connectivity index (χ0n) is 21.2. The number of benzene rings is 1. The fraction of sp³-hybridized carbons (Fsp3) is 0.320. The summed E-state index contributed by atoms with van der Waals surface area (Å²) in [5.74, 6) is -0.449. The molecular weight excluding hydrogens is 551 g/mol. The van der Waals surface area contributed by atoms with Crippen LogP contribution < -0.4 is 16.4 Å². The molecule has 5 rings (SSSR count). The molecule has 4 heterocycles. The molecule has 40 heavy (non-hydrogen) atoms. The number of imidazole rings is 1. The van der Waals surface area contributed by atoms with Crippen molar-refractivity contribution in [3.8, 4) is 11.3 Å². The highest BCUT2D eigenvalue weighted by Crippen LogP contribution is 2.36. The van der Waals surface area contributed by atoms with Crippen LogP contribution in [0, 0.1) is 0 Å².